The highest BCUT2D eigenvalue weighted by molar-refractivity contribution is 5.77. The van der Waals surface area contributed by atoms with Crippen LogP contribution in [0.1, 0.15) is 72.1 Å². The number of carbonyl (C=O) groups excluding carboxylic acids is 1. The number of hydrogen-bond acceptors (Lipinski definition) is 4. The molecule has 0 spiro atoms. The maximum Gasteiger partial charge on any atom is 0.248 e. The Morgan fingerprint density at radius 3 is 2.48 bits per heavy atom. The molecule has 4 rings (SSSR count). The SMILES string of the molecule is CON(C)C(=O)[C@@H](C)C1CCC2C3CCC4C[C@H](O)CC[C@]4(C)C3C[C@H](O)[C@@]21C. The number of nitrogens with zero attached hydrogens (tertiary/aromatic N) is 1. The van der Waals surface area contributed by atoms with Crippen molar-refractivity contribution >= 4 is 5.91 Å². The molecule has 4 aliphatic rings. The molecule has 4 saturated carbocycles. The van der Waals surface area contributed by atoms with Crippen molar-refractivity contribution in [3.05, 3.63) is 0 Å². The standard InChI is InChI=1S/C24H41NO4/c1-14(22(28)25(4)29-5)18-8-9-19-17-7-6-15-12-16(26)10-11-23(15,2)20(17)13-21(27)24(18,19)3/h14-21,26-27H,6-13H2,1-5H3/t14-,15?,16+,17?,18?,19?,20?,21-,23-,24+/m0/s1. The first-order valence-corrected chi connectivity index (χ1v) is 11.8. The predicted octanol–water partition coefficient (Wildman–Crippen LogP) is 3.63. The Balaban J connectivity index is 1.60. The molecule has 0 bridgehead atoms. The zero-order valence-electron chi connectivity index (χ0n) is 18.9. The highest BCUT2D eigenvalue weighted by Crippen LogP contribution is 2.68. The molecule has 29 heavy (non-hydrogen) atoms. The van der Waals surface area contributed by atoms with Crippen molar-refractivity contribution in [3.63, 3.8) is 0 Å². The normalized spacial score (nSPS) is 50.2. The lowest BCUT2D eigenvalue weighted by atomic mass is 9.43. The largest absolute Gasteiger partial charge is 0.393 e. The van der Waals surface area contributed by atoms with Crippen LogP contribution >= 0.6 is 0 Å². The van der Waals surface area contributed by atoms with Gasteiger partial charge in [-0.1, -0.05) is 20.8 Å². The molecule has 5 nitrogen and oxygen atoms in total. The Hall–Kier alpha value is -0.650. The molecule has 0 heterocycles. The average Bonchev–Trinajstić information content (AvgIpc) is 3.06. The predicted molar refractivity (Wildman–Crippen MR) is 112 cm³/mol. The molecule has 0 saturated heterocycles. The molecular weight excluding hydrogens is 366 g/mol. The second-order valence-electron chi connectivity index (χ2n) is 11.2. The summed E-state index contributed by atoms with van der Waals surface area (Å²) in [4.78, 5) is 18.0. The minimum atomic E-state index is -0.355. The lowest BCUT2D eigenvalue weighted by Gasteiger charge is -2.62. The molecule has 1 amide bonds. The van der Waals surface area contributed by atoms with E-state index in [0.29, 0.717) is 23.7 Å². The van der Waals surface area contributed by atoms with E-state index in [0.717, 1.165) is 38.5 Å². The molecule has 4 fully saturated rings. The van der Waals surface area contributed by atoms with Crippen LogP contribution in [0.25, 0.3) is 0 Å². The van der Waals surface area contributed by atoms with Gasteiger partial charge in [-0.25, -0.2) is 5.06 Å². The van der Waals surface area contributed by atoms with Crippen LogP contribution in [0.4, 0.5) is 0 Å². The van der Waals surface area contributed by atoms with Crippen LogP contribution < -0.4 is 0 Å². The van der Waals surface area contributed by atoms with Crippen molar-refractivity contribution in [3.8, 4) is 0 Å². The van der Waals surface area contributed by atoms with Crippen LogP contribution in [0.3, 0.4) is 0 Å². The van der Waals surface area contributed by atoms with E-state index >= 15 is 0 Å². The summed E-state index contributed by atoms with van der Waals surface area (Å²) < 4.78 is 0. The van der Waals surface area contributed by atoms with Gasteiger partial charge in [-0.15, -0.1) is 0 Å². The third kappa shape index (κ3) is 3.10. The molecule has 0 aromatic carbocycles. The molecule has 0 radical (unpaired) electrons. The van der Waals surface area contributed by atoms with Gasteiger partial charge in [0.2, 0.25) is 5.91 Å². The fourth-order valence-corrected chi connectivity index (χ4v) is 8.60. The smallest absolute Gasteiger partial charge is 0.248 e. The van der Waals surface area contributed by atoms with Crippen LogP contribution in [-0.2, 0) is 9.63 Å². The summed E-state index contributed by atoms with van der Waals surface area (Å²) in [5.74, 6) is 2.36. The summed E-state index contributed by atoms with van der Waals surface area (Å²) in [5, 5.41) is 23.1. The van der Waals surface area contributed by atoms with Crippen LogP contribution in [0, 0.1) is 46.3 Å². The van der Waals surface area contributed by atoms with E-state index in [9.17, 15) is 15.0 Å². The number of aliphatic hydroxyl groups is 2. The van der Waals surface area contributed by atoms with Gasteiger partial charge < -0.3 is 10.2 Å². The van der Waals surface area contributed by atoms with Gasteiger partial charge in [0, 0.05) is 18.4 Å². The molecule has 2 N–H and O–H groups in total. The molecule has 10 atom stereocenters. The Labute approximate surface area is 176 Å². The van der Waals surface area contributed by atoms with E-state index in [-0.39, 0.29) is 40.8 Å². The first kappa shape index (κ1) is 21.6. The number of aliphatic hydroxyl groups excluding tert-OH is 2. The first-order chi connectivity index (χ1) is 13.6. The third-order valence-corrected chi connectivity index (χ3v) is 10.4. The van der Waals surface area contributed by atoms with E-state index < -0.39 is 0 Å². The first-order valence-electron chi connectivity index (χ1n) is 11.8. The van der Waals surface area contributed by atoms with Crippen LogP contribution in [0.2, 0.25) is 0 Å². The van der Waals surface area contributed by atoms with Crippen molar-refractivity contribution in [1.82, 2.24) is 5.06 Å². The lowest BCUT2D eigenvalue weighted by Crippen LogP contribution is -2.59. The topological polar surface area (TPSA) is 70.0 Å². The zero-order chi connectivity index (χ0) is 21.1. The molecule has 166 valence electrons. The van der Waals surface area contributed by atoms with Gasteiger partial charge in [-0.3, -0.25) is 9.63 Å². The van der Waals surface area contributed by atoms with Gasteiger partial charge in [0.1, 0.15) is 0 Å². The van der Waals surface area contributed by atoms with Crippen molar-refractivity contribution in [2.75, 3.05) is 14.2 Å². The second kappa shape index (κ2) is 7.49. The molecular formula is C24H41NO4. The molecule has 5 heteroatoms. The van der Waals surface area contributed by atoms with E-state index in [4.69, 9.17) is 4.84 Å². The van der Waals surface area contributed by atoms with Crippen molar-refractivity contribution in [2.45, 2.75) is 84.3 Å². The summed E-state index contributed by atoms with van der Waals surface area (Å²) in [6.07, 6.45) is 7.88. The molecule has 5 unspecified atom stereocenters. The lowest BCUT2D eigenvalue weighted by molar-refractivity contribution is -0.188. The van der Waals surface area contributed by atoms with Gasteiger partial charge in [-0.2, -0.15) is 0 Å². The number of rotatable bonds is 3. The zero-order valence-corrected chi connectivity index (χ0v) is 18.9. The van der Waals surface area contributed by atoms with Crippen molar-refractivity contribution in [1.29, 1.82) is 0 Å². The van der Waals surface area contributed by atoms with Gasteiger partial charge in [0.15, 0.2) is 0 Å². The van der Waals surface area contributed by atoms with Crippen molar-refractivity contribution < 1.29 is 19.8 Å². The van der Waals surface area contributed by atoms with Gasteiger partial charge in [0.05, 0.1) is 19.3 Å². The summed E-state index contributed by atoms with van der Waals surface area (Å²) in [5.41, 5.74) is 0.0580. The summed E-state index contributed by atoms with van der Waals surface area (Å²) in [6.45, 7) is 6.74. The van der Waals surface area contributed by atoms with Gasteiger partial charge >= 0.3 is 0 Å². The molecule has 0 aliphatic heterocycles. The highest BCUT2D eigenvalue weighted by atomic mass is 16.7. The average molecular weight is 408 g/mol. The third-order valence-electron chi connectivity index (χ3n) is 10.4. The van der Waals surface area contributed by atoms with E-state index in [1.165, 1.54) is 25.0 Å². The summed E-state index contributed by atoms with van der Waals surface area (Å²) in [7, 11) is 3.21. The quantitative estimate of drug-likeness (QED) is 0.701. The Kier molecular flexibility index (Phi) is 5.57. The van der Waals surface area contributed by atoms with Crippen LogP contribution in [0.15, 0.2) is 0 Å². The summed E-state index contributed by atoms with van der Waals surface area (Å²) in [6, 6.07) is 0. The monoisotopic (exact) mass is 407 g/mol. The summed E-state index contributed by atoms with van der Waals surface area (Å²) >= 11 is 0. The van der Waals surface area contributed by atoms with E-state index in [1.54, 1.807) is 7.05 Å². The minimum absolute atomic E-state index is 0.0191. The Bertz CT molecular complexity index is 640. The van der Waals surface area contributed by atoms with Crippen LogP contribution in [0.5, 0.6) is 0 Å². The number of hydrogen-bond donors (Lipinski definition) is 2. The number of hydroxylamine groups is 2. The van der Waals surface area contributed by atoms with Gasteiger partial charge in [0.25, 0.3) is 0 Å². The Morgan fingerprint density at radius 2 is 1.79 bits per heavy atom. The fraction of sp³-hybridized carbons (Fsp3) is 0.958. The number of fused-ring (bicyclic) bond motifs is 5. The molecule has 0 aromatic rings. The van der Waals surface area contributed by atoms with Crippen molar-refractivity contribution in [2.24, 2.45) is 46.3 Å². The van der Waals surface area contributed by atoms with E-state index in [1.807, 2.05) is 6.92 Å². The molecule has 4 aliphatic carbocycles. The highest BCUT2D eigenvalue weighted by Gasteiger charge is 2.64. The van der Waals surface area contributed by atoms with E-state index in [2.05, 4.69) is 13.8 Å². The maximum absolute atomic E-state index is 12.8. The minimum Gasteiger partial charge on any atom is -0.393 e. The number of carbonyl (C=O) groups is 1. The Morgan fingerprint density at radius 1 is 1.07 bits per heavy atom. The van der Waals surface area contributed by atoms with Gasteiger partial charge in [-0.05, 0) is 86.4 Å². The molecule has 0 aromatic heterocycles. The number of amides is 1. The van der Waals surface area contributed by atoms with Crippen LogP contribution in [-0.4, -0.2) is 47.5 Å². The fourth-order valence-electron chi connectivity index (χ4n) is 8.60. The maximum atomic E-state index is 12.8. The second-order valence-corrected chi connectivity index (χ2v) is 11.2.